The molecule has 3 amide bonds. The number of hydrogen-bond acceptors (Lipinski definition) is 7. The highest BCUT2D eigenvalue weighted by Gasteiger charge is 2.29. The van der Waals surface area contributed by atoms with Crippen molar-refractivity contribution in [2.75, 3.05) is 54.9 Å². The molecule has 11 heteroatoms. The first-order valence-electron chi connectivity index (χ1n) is 12.5. The van der Waals surface area contributed by atoms with Crippen molar-refractivity contribution in [3.63, 3.8) is 0 Å². The van der Waals surface area contributed by atoms with Crippen molar-refractivity contribution in [3.8, 4) is 11.4 Å². The van der Waals surface area contributed by atoms with E-state index in [-0.39, 0.29) is 5.91 Å². The van der Waals surface area contributed by atoms with Gasteiger partial charge in [0.25, 0.3) is 5.91 Å². The van der Waals surface area contributed by atoms with Crippen molar-refractivity contribution < 1.29 is 19.4 Å². The molecule has 11 nitrogen and oxygen atoms in total. The maximum Gasteiger partial charge on any atom is 0.323 e. The SMILES string of the molecule is O=C(Nc1ccc(C(=O)N2CC(O)C2)cc1)Nc1ccc(-c2nc(N3CCOCC3)c3cccn3n2)cc1. The Bertz CT molecular complexity index is 1460. The summed E-state index contributed by atoms with van der Waals surface area (Å²) in [7, 11) is 0. The second-order valence-corrected chi connectivity index (χ2v) is 9.29. The summed E-state index contributed by atoms with van der Waals surface area (Å²) < 4.78 is 7.32. The van der Waals surface area contributed by atoms with E-state index in [0.717, 1.165) is 30.0 Å². The Labute approximate surface area is 218 Å². The number of morpholine rings is 1. The number of hydrogen-bond donors (Lipinski definition) is 3. The molecule has 0 unspecified atom stereocenters. The van der Waals surface area contributed by atoms with Gasteiger partial charge in [-0.15, -0.1) is 5.10 Å². The number of ether oxygens (including phenoxy) is 1. The topological polar surface area (TPSA) is 124 Å². The highest BCUT2D eigenvalue weighted by atomic mass is 16.5. The third-order valence-electron chi connectivity index (χ3n) is 6.62. The minimum atomic E-state index is -0.444. The summed E-state index contributed by atoms with van der Waals surface area (Å²) in [5, 5.41) is 19.6. The number of nitrogens with one attached hydrogen (secondary N) is 2. The van der Waals surface area contributed by atoms with Gasteiger partial charge in [-0.3, -0.25) is 4.79 Å². The molecule has 2 aliphatic heterocycles. The first-order valence-corrected chi connectivity index (χ1v) is 12.5. The molecule has 6 rings (SSSR count). The van der Waals surface area contributed by atoms with E-state index in [9.17, 15) is 14.7 Å². The third-order valence-corrected chi connectivity index (χ3v) is 6.62. The highest BCUT2D eigenvalue weighted by Crippen LogP contribution is 2.25. The van der Waals surface area contributed by atoms with Crippen LogP contribution in [0.1, 0.15) is 10.4 Å². The molecule has 2 fully saturated rings. The number of aromatic nitrogens is 3. The van der Waals surface area contributed by atoms with Crippen LogP contribution in [0.3, 0.4) is 0 Å². The van der Waals surface area contributed by atoms with Crippen molar-refractivity contribution in [2.45, 2.75) is 6.10 Å². The lowest BCUT2D eigenvalue weighted by Gasteiger charge is -2.35. The van der Waals surface area contributed by atoms with Crippen LogP contribution in [0.15, 0.2) is 66.9 Å². The van der Waals surface area contributed by atoms with Crippen LogP contribution < -0.4 is 15.5 Å². The molecule has 0 saturated carbocycles. The summed E-state index contributed by atoms with van der Waals surface area (Å²) in [4.78, 5) is 33.5. The first kappa shape index (κ1) is 23.9. The average molecular weight is 514 g/mol. The van der Waals surface area contributed by atoms with Crippen LogP contribution in [0.25, 0.3) is 16.9 Å². The van der Waals surface area contributed by atoms with Gasteiger partial charge in [-0.25, -0.2) is 14.3 Å². The number of aliphatic hydroxyl groups excluding tert-OH is 1. The lowest BCUT2D eigenvalue weighted by molar-refractivity contribution is 0.00590. The lowest BCUT2D eigenvalue weighted by atomic mass is 10.1. The van der Waals surface area contributed by atoms with E-state index in [0.29, 0.717) is 49.1 Å². The lowest BCUT2D eigenvalue weighted by Crippen LogP contribution is -2.53. The van der Waals surface area contributed by atoms with Crippen molar-refractivity contribution >= 4 is 34.6 Å². The number of urea groups is 1. The molecule has 194 valence electrons. The van der Waals surface area contributed by atoms with Gasteiger partial charge < -0.3 is 30.3 Å². The number of β-amino-alcohol motifs (C(OH)–C–C–N with tert-alkyl or cyclic N) is 1. The number of nitrogens with zero attached hydrogens (tertiary/aromatic N) is 5. The van der Waals surface area contributed by atoms with Gasteiger partial charge in [0, 0.05) is 54.9 Å². The van der Waals surface area contributed by atoms with Crippen LogP contribution >= 0.6 is 0 Å². The van der Waals surface area contributed by atoms with Crippen LogP contribution in [-0.2, 0) is 4.74 Å². The van der Waals surface area contributed by atoms with Crippen LogP contribution in [0.5, 0.6) is 0 Å². The van der Waals surface area contributed by atoms with Gasteiger partial charge in [-0.2, -0.15) is 0 Å². The van der Waals surface area contributed by atoms with E-state index in [4.69, 9.17) is 9.72 Å². The number of carbonyl (C=O) groups excluding carboxylic acids is 2. The number of aliphatic hydroxyl groups is 1. The summed E-state index contributed by atoms with van der Waals surface area (Å²) in [5.41, 5.74) is 3.46. The van der Waals surface area contributed by atoms with Crippen LogP contribution in [0.4, 0.5) is 22.0 Å². The molecular weight excluding hydrogens is 486 g/mol. The monoisotopic (exact) mass is 513 g/mol. The Hall–Kier alpha value is -4.48. The summed E-state index contributed by atoms with van der Waals surface area (Å²) in [6.45, 7) is 3.58. The van der Waals surface area contributed by atoms with Crippen LogP contribution in [-0.4, -0.2) is 82.0 Å². The Morgan fingerprint density at radius 1 is 0.921 bits per heavy atom. The zero-order chi connectivity index (χ0) is 26.1. The number of likely N-dealkylation sites (tertiary alicyclic amines) is 1. The number of amides is 3. The smallest absolute Gasteiger partial charge is 0.323 e. The third kappa shape index (κ3) is 4.89. The molecule has 3 N–H and O–H groups in total. The van der Waals surface area contributed by atoms with E-state index >= 15 is 0 Å². The molecule has 4 aromatic rings. The molecule has 2 aromatic heterocycles. The number of anilines is 3. The fourth-order valence-corrected chi connectivity index (χ4v) is 4.54. The minimum absolute atomic E-state index is 0.136. The average Bonchev–Trinajstić information content (AvgIpc) is 3.41. The quantitative estimate of drug-likeness (QED) is 0.375. The molecular formula is C27H27N7O4. The normalized spacial score (nSPS) is 15.8. The zero-order valence-corrected chi connectivity index (χ0v) is 20.6. The van der Waals surface area contributed by atoms with Gasteiger partial charge in [0.15, 0.2) is 11.6 Å². The predicted octanol–water partition coefficient (Wildman–Crippen LogP) is 2.69. The molecule has 0 atom stereocenters. The Morgan fingerprint density at radius 2 is 1.58 bits per heavy atom. The van der Waals surface area contributed by atoms with Gasteiger partial charge >= 0.3 is 6.03 Å². The number of carbonyl (C=O) groups is 2. The largest absolute Gasteiger partial charge is 0.389 e. The van der Waals surface area contributed by atoms with Crippen molar-refractivity contribution in [3.05, 3.63) is 72.4 Å². The fourth-order valence-electron chi connectivity index (χ4n) is 4.54. The molecule has 0 bridgehead atoms. The second-order valence-electron chi connectivity index (χ2n) is 9.29. The Morgan fingerprint density at radius 3 is 2.24 bits per heavy atom. The summed E-state index contributed by atoms with van der Waals surface area (Å²) in [5.74, 6) is 1.33. The molecule has 0 aliphatic carbocycles. The second kappa shape index (κ2) is 10.1. The van der Waals surface area contributed by atoms with Gasteiger partial charge in [-0.1, -0.05) is 0 Å². The summed E-state index contributed by atoms with van der Waals surface area (Å²) >= 11 is 0. The number of rotatable bonds is 5. The molecule has 0 spiro atoms. The summed E-state index contributed by atoms with van der Waals surface area (Å²) in [6.07, 6.45) is 1.46. The van der Waals surface area contributed by atoms with Crippen LogP contribution in [0, 0.1) is 0 Å². The van der Waals surface area contributed by atoms with E-state index in [1.807, 2.05) is 35.0 Å². The molecule has 2 aliphatic rings. The predicted molar refractivity (Wildman–Crippen MR) is 142 cm³/mol. The molecule has 4 heterocycles. The standard InChI is InChI=1S/C27H27N7O4/c35-22-16-33(17-22)26(36)19-5-9-21(10-6-19)29-27(37)28-20-7-3-18(4-8-20)24-30-25(32-12-14-38-15-13-32)23-2-1-11-34(23)31-24/h1-11,22,35H,12-17H2,(H2,28,29,37). The van der Waals surface area contributed by atoms with Crippen LogP contribution in [0.2, 0.25) is 0 Å². The minimum Gasteiger partial charge on any atom is -0.389 e. The van der Waals surface area contributed by atoms with Gasteiger partial charge in [-0.05, 0) is 60.7 Å². The summed E-state index contributed by atoms with van der Waals surface area (Å²) in [6, 6.07) is 17.6. The van der Waals surface area contributed by atoms with Gasteiger partial charge in [0.05, 0.1) is 19.3 Å². The highest BCUT2D eigenvalue weighted by molar-refractivity contribution is 6.00. The van der Waals surface area contributed by atoms with E-state index in [2.05, 4.69) is 20.6 Å². The molecule has 2 aromatic carbocycles. The van der Waals surface area contributed by atoms with Crippen molar-refractivity contribution in [1.82, 2.24) is 19.5 Å². The van der Waals surface area contributed by atoms with Gasteiger partial charge in [0.1, 0.15) is 5.52 Å². The first-order chi connectivity index (χ1) is 18.5. The van der Waals surface area contributed by atoms with E-state index < -0.39 is 12.1 Å². The molecule has 38 heavy (non-hydrogen) atoms. The molecule has 0 radical (unpaired) electrons. The van der Waals surface area contributed by atoms with E-state index in [1.54, 1.807) is 41.3 Å². The molecule has 2 saturated heterocycles. The fraction of sp³-hybridized carbons (Fsp3) is 0.259. The number of benzene rings is 2. The van der Waals surface area contributed by atoms with Crippen molar-refractivity contribution in [1.29, 1.82) is 0 Å². The van der Waals surface area contributed by atoms with E-state index in [1.165, 1.54) is 0 Å². The maximum absolute atomic E-state index is 12.5. The number of fused-ring (bicyclic) bond motifs is 1. The Kier molecular flexibility index (Phi) is 6.36. The zero-order valence-electron chi connectivity index (χ0n) is 20.6. The van der Waals surface area contributed by atoms with Crippen molar-refractivity contribution in [2.24, 2.45) is 0 Å². The van der Waals surface area contributed by atoms with Gasteiger partial charge in [0.2, 0.25) is 0 Å². The Balaban J connectivity index is 1.11. The maximum atomic E-state index is 12.5.